The Morgan fingerprint density at radius 2 is 2.35 bits per heavy atom. The lowest BCUT2D eigenvalue weighted by Gasteiger charge is -2.15. The van der Waals surface area contributed by atoms with Gasteiger partial charge in [-0.15, -0.1) is 11.3 Å². The number of carbonyl (C=O) groups excluding carboxylic acids is 1. The molecule has 2 aromatic rings. The van der Waals surface area contributed by atoms with Crippen molar-refractivity contribution in [2.45, 2.75) is 25.4 Å². The summed E-state index contributed by atoms with van der Waals surface area (Å²) in [6, 6.07) is 2.32. The molecular weight excluding hydrogens is 274 g/mol. The smallest absolute Gasteiger partial charge is 0.234 e. The summed E-state index contributed by atoms with van der Waals surface area (Å²) in [7, 11) is 1.88. The molecule has 0 radical (unpaired) electrons. The van der Waals surface area contributed by atoms with E-state index in [9.17, 15) is 4.79 Å². The lowest BCUT2D eigenvalue weighted by atomic mass is 10.3. The molecule has 6 nitrogen and oxygen atoms in total. The minimum absolute atomic E-state index is 0.0557. The van der Waals surface area contributed by atoms with Crippen LogP contribution in [0, 0.1) is 0 Å². The van der Waals surface area contributed by atoms with E-state index in [4.69, 9.17) is 5.73 Å². The predicted molar refractivity (Wildman–Crippen MR) is 79.3 cm³/mol. The van der Waals surface area contributed by atoms with Gasteiger partial charge in [0.05, 0.1) is 18.5 Å². The molecule has 0 saturated heterocycles. The van der Waals surface area contributed by atoms with Gasteiger partial charge in [-0.2, -0.15) is 0 Å². The molecule has 20 heavy (non-hydrogen) atoms. The van der Waals surface area contributed by atoms with Crippen molar-refractivity contribution in [3.63, 3.8) is 0 Å². The number of aromatic nitrogens is 2. The highest BCUT2D eigenvalue weighted by atomic mass is 32.1. The monoisotopic (exact) mass is 291 g/mol. The fraction of sp³-hybridized carbons (Fsp3) is 0.462. The van der Waals surface area contributed by atoms with Gasteiger partial charge in [-0.05, 0) is 31.3 Å². The molecule has 1 aliphatic carbocycles. The number of carbonyl (C=O) groups is 1. The third-order valence-electron chi connectivity index (χ3n) is 3.17. The Labute approximate surface area is 121 Å². The number of nitrogens with zero attached hydrogens (tertiary/aromatic N) is 3. The number of nitrogens with one attached hydrogen (secondary N) is 1. The van der Waals surface area contributed by atoms with Crippen molar-refractivity contribution >= 4 is 33.3 Å². The maximum atomic E-state index is 11.7. The fourth-order valence-corrected chi connectivity index (χ4v) is 2.83. The molecule has 1 aliphatic rings. The quantitative estimate of drug-likeness (QED) is 0.858. The van der Waals surface area contributed by atoms with Gasteiger partial charge >= 0.3 is 0 Å². The number of fused-ring (bicyclic) bond motifs is 1. The van der Waals surface area contributed by atoms with Gasteiger partial charge < -0.3 is 11.1 Å². The highest BCUT2D eigenvalue weighted by Gasteiger charge is 2.23. The number of hydrogen-bond acceptors (Lipinski definition) is 6. The molecule has 2 heterocycles. The van der Waals surface area contributed by atoms with Crippen molar-refractivity contribution in [3.8, 4) is 0 Å². The largest absolute Gasteiger partial charge is 0.383 e. The van der Waals surface area contributed by atoms with E-state index < -0.39 is 0 Å². The molecule has 0 unspecified atom stereocenters. The van der Waals surface area contributed by atoms with Gasteiger partial charge in [0, 0.05) is 6.04 Å². The van der Waals surface area contributed by atoms with E-state index >= 15 is 0 Å². The van der Waals surface area contributed by atoms with Crippen LogP contribution in [0.3, 0.4) is 0 Å². The molecule has 1 fully saturated rings. The molecule has 0 bridgehead atoms. The first kappa shape index (κ1) is 13.3. The summed E-state index contributed by atoms with van der Waals surface area (Å²) >= 11 is 1.54. The highest BCUT2D eigenvalue weighted by molar-refractivity contribution is 7.16. The topological polar surface area (TPSA) is 84.1 Å². The van der Waals surface area contributed by atoms with Crippen LogP contribution in [0.15, 0.2) is 11.4 Å². The molecule has 2 aromatic heterocycles. The van der Waals surface area contributed by atoms with Crippen LogP contribution in [0.25, 0.3) is 10.2 Å². The molecule has 1 amide bonds. The van der Waals surface area contributed by atoms with Crippen LogP contribution in [0.4, 0.5) is 5.82 Å². The second kappa shape index (κ2) is 5.34. The van der Waals surface area contributed by atoms with E-state index in [1.165, 1.54) is 0 Å². The summed E-state index contributed by atoms with van der Waals surface area (Å²) < 4.78 is 0. The number of hydrogen-bond donors (Lipinski definition) is 2. The molecule has 0 atom stereocenters. The highest BCUT2D eigenvalue weighted by Crippen LogP contribution is 2.23. The summed E-state index contributed by atoms with van der Waals surface area (Å²) in [5.74, 6) is 1.21. The molecule has 1 saturated carbocycles. The molecule has 3 rings (SSSR count). The Hall–Kier alpha value is -1.73. The average Bonchev–Trinajstić information content (AvgIpc) is 3.03. The summed E-state index contributed by atoms with van der Waals surface area (Å²) in [5, 5.41) is 5.81. The fourth-order valence-electron chi connectivity index (χ4n) is 2.04. The molecule has 7 heteroatoms. The Morgan fingerprint density at radius 3 is 3.10 bits per heavy atom. The maximum absolute atomic E-state index is 11.7. The number of anilines is 1. The molecule has 0 aromatic carbocycles. The van der Waals surface area contributed by atoms with Crippen LogP contribution < -0.4 is 11.1 Å². The standard InChI is InChI=1S/C13H17N5OS/c1-18(7-11(19)15-8-2-3-8)6-10-16-12(14)9-4-5-20-13(9)17-10/h4-5,8H,2-3,6-7H2,1H3,(H,15,19)(H2,14,16,17). The van der Waals surface area contributed by atoms with E-state index in [1.807, 2.05) is 23.4 Å². The van der Waals surface area contributed by atoms with Crippen LogP contribution in [-0.4, -0.2) is 40.4 Å². The van der Waals surface area contributed by atoms with Crippen molar-refractivity contribution < 1.29 is 4.79 Å². The molecule has 3 N–H and O–H groups in total. The summed E-state index contributed by atoms with van der Waals surface area (Å²) in [4.78, 5) is 23.3. The van der Waals surface area contributed by atoms with Crippen molar-refractivity contribution in [2.75, 3.05) is 19.3 Å². The molecule has 106 valence electrons. The normalized spacial score (nSPS) is 14.9. The molecule has 0 spiro atoms. The van der Waals surface area contributed by atoms with Gasteiger partial charge in [0.2, 0.25) is 5.91 Å². The number of thiophene rings is 1. The first-order valence-corrected chi connectivity index (χ1v) is 7.47. The van der Waals surface area contributed by atoms with Crippen LogP contribution in [0.5, 0.6) is 0 Å². The lowest BCUT2D eigenvalue weighted by molar-refractivity contribution is -0.122. The SMILES string of the molecule is CN(CC(=O)NC1CC1)Cc1nc(N)c2ccsc2n1. The number of nitrogens with two attached hydrogens (primary N) is 1. The van der Waals surface area contributed by atoms with E-state index in [0.717, 1.165) is 23.1 Å². The number of nitrogen functional groups attached to an aromatic ring is 1. The number of likely N-dealkylation sites (N-methyl/N-ethyl adjacent to an activating group) is 1. The van der Waals surface area contributed by atoms with Gasteiger partial charge in [-0.3, -0.25) is 9.69 Å². The van der Waals surface area contributed by atoms with Gasteiger partial charge in [0.15, 0.2) is 0 Å². The first-order valence-electron chi connectivity index (χ1n) is 6.59. The third-order valence-corrected chi connectivity index (χ3v) is 3.97. The van der Waals surface area contributed by atoms with Gasteiger partial charge in [0.25, 0.3) is 0 Å². The van der Waals surface area contributed by atoms with Crippen molar-refractivity contribution in [1.82, 2.24) is 20.2 Å². The van der Waals surface area contributed by atoms with E-state index in [-0.39, 0.29) is 5.91 Å². The third kappa shape index (κ3) is 3.05. The Bertz CT molecular complexity index is 637. The van der Waals surface area contributed by atoms with Gasteiger partial charge in [-0.25, -0.2) is 9.97 Å². The molecule has 0 aliphatic heterocycles. The van der Waals surface area contributed by atoms with E-state index in [0.29, 0.717) is 30.8 Å². The Morgan fingerprint density at radius 1 is 1.55 bits per heavy atom. The second-order valence-electron chi connectivity index (χ2n) is 5.18. The minimum Gasteiger partial charge on any atom is -0.383 e. The summed E-state index contributed by atoms with van der Waals surface area (Å²) in [6.07, 6.45) is 2.20. The van der Waals surface area contributed by atoms with Crippen molar-refractivity contribution in [3.05, 3.63) is 17.3 Å². The second-order valence-corrected chi connectivity index (χ2v) is 6.07. The van der Waals surface area contributed by atoms with Crippen LogP contribution in [0.1, 0.15) is 18.7 Å². The van der Waals surface area contributed by atoms with Gasteiger partial charge in [-0.1, -0.05) is 0 Å². The average molecular weight is 291 g/mol. The zero-order chi connectivity index (χ0) is 14.1. The first-order chi connectivity index (χ1) is 9.61. The minimum atomic E-state index is 0.0557. The number of rotatable bonds is 5. The Balaban J connectivity index is 1.63. The lowest BCUT2D eigenvalue weighted by Crippen LogP contribution is -2.36. The van der Waals surface area contributed by atoms with Crippen molar-refractivity contribution in [2.24, 2.45) is 0 Å². The van der Waals surface area contributed by atoms with E-state index in [2.05, 4.69) is 15.3 Å². The zero-order valence-electron chi connectivity index (χ0n) is 11.3. The Kier molecular flexibility index (Phi) is 3.54. The predicted octanol–water partition coefficient (Wildman–Crippen LogP) is 0.984. The zero-order valence-corrected chi connectivity index (χ0v) is 12.1. The summed E-state index contributed by atoms with van der Waals surface area (Å²) in [6.45, 7) is 0.859. The van der Waals surface area contributed by atoms with Crippen LogP contribution >= 0.6 is 11.3 Å². The van der Waals surface area contributed by atoms with Crippen LogP contribution in [-0.2, 0) is 11.3 Å². The number of amides is 1. The maximum Gasteiger partial charge on any atom is 0.234 e. The molecular formula is C13H17N5OS. The van der Waals surface area contributed by atoms with Crippen molar-refractivity contribution in [1.29, 1.82) is 0 Å². The van der Waals surface area contributed by atoms with Crippen LogP contribution in [0.2, 0.25) is 0 Å². The van der Waals surface area contributed by atoms with E-state index in [1.54, 1.807) is 11.3 Å². The van der Waals surface area contributed by atoms with Gasteiger partial charge in [0.1, 0.15) is 16.5 Å². The summed E-state index contributed by atoms with van der Waals surface area (Å²) in [5.41, 5.74) is 5.91.